The highest BCUT2D eigenvalue weighted by Gasteiger charge is 2.37. The van der Waals surface area contributed by atoms with Gasteiger partial charge in [0.25, 0.3) is 5.91 Å². The van der Waals surface area contributed by atoms with E-state index in [9.17, 15) is 31.1 Å². The molecular formula is C21H20ClF6N3O. The van der Waals surface area contributed by atoms with Crippen molar-refractivity contribution < 1.29 is 31.1 Å². The highest BCUT2D eigenvalue weighted by Crippen LogP contribution is 2.36. The lowest BCUT2D eigenvalue weighted by molar-refractivity contribution is -0.143. The molecule has 0 radical (unpaired) electrons. The van der Waals surface area contributed by atoms with Crippen LogP contribution in [-0.2, 0) is 12.4 Å². The number of rotatable bonds is 4. The molecule has 0 bridgehead atoms. The number of anilines is 2. The maximum atomic E-state index is 13.0. The maximum absolute atomic E-state index is 13.0. The molecule has 1 aliphatic rings. The van der Waals surface area contributed by atoms with E-state index in [0.717, 1.165) is 38.4 Å². The Morgan fingerprint density at radius 1 is 0.938 bits per heavy atom. The van der Waals surface area contributed by atoms with E-state index in [0.29, 0.717) is 17.2 Å². The molecule has 0 atom stereocenters. The summed E-state index contributed by atoms with van der Waals surface area (Å²) in [5.74, 6) is -1.11. The van der Waals surface area contributed by atoms with Crippen LogP contribution < -0.4 is 10.2 Å². The summed E-state index contributed by atoms with van der Waals surface area (Å²) in [5.41, 5.74) is -2.99. The number of nitrogens with one attached hydrogen (secondary N) is 1. The minimum atomic E-state index is -5.04. The number of hydrogen-bond donors (Lipinski definition) is 1. The number of amides is 1. The number of carbonyl (C=O) groups excluding carboxylic acids is 1. The highest BCUT2D eigenvalue weighted by molar-refractivity contribution is 6.33. The second kappa shape index (κ2) is 9.19. The van der Waals surface area contributed by atoms with Crippen LogP contribution in [0.4, 0.5) is 37.7 Å². The Morgan fingerprint density at radius 2 is 1.50 bits per heavy atom. The quantitative estimate of drug-likeness (QED) is 0.565. The molecular weight excluding hydrogens is 460 g/mol. The Bertz CT molecular complexity index is 952. The van der Waals surface area contributed by atoms with Gasteiger partial charge in [0.05, 0.1) is 21.8 Å². The lowest BCUT2D eigenvalue weighted by atomic mass is 10.0. The number of hydrogen-bond acceptors (Lipinski definition) is 3. The Balaban J connectivity index is 1.81. The van der Waals surface area contributed by atoms with E-state index >= 15 is 0 Å². The first-order valence-electron chi connectivity index (χ1n) is 9.76. The zero-order valence-corrected chi connectivity index (χ0v) is 17.7. The molecule has 2 aromatic carbocycles. The third-order valence-electron chi connectivity index (χ3n) is 5.22. The molecule has 4 nitrogen and oxygen atoms in total. The van der Waals surface area contributed by atoms with Gasteiger partial charge in [0.1, 0.15) is 0 Å². The van der Waals surface area contributed by atoms with Crippen molar-refractivity contribution in [3.63, 3.8) is 0 Å². The zero-order chi connectivity index (χ0) is 23.7. The van der Waals surface area contributed by atoms with Crippen LogP contribution in [0.15, 0.2) is 36.4 Å². The van der Waals surface area contributed by atoms with E-state index in [1.165, 1.54) is 12.1 Å². The molecule has 1 N–H and O–H groups in total. The standard InChI is InChI=1S/C21H20ClF6N3O/c1-2-30-5-7-31(8-6-30)18-4-3-16(12-17(18)22)29-19(32)13-9-14(20(23,24)25)11-15(10-13)21(26,27)28/h3-4,9-12H,2,5-8H2,1H3,(H,29,32). The maximum Gasteiger partial charge on any atom is 0.416 e. The molecule has 0 saturated carbocycles. The van der Waals surface area contributed by atoms with Crippen LogP contribution in [0.25, 0.3) is 0 Å². The number of alkyl halides is 6. The number of likely N-dealkylation sites (N-methyl/N-ethyl adjacent to an activating group) is 1. The fourth-order valence-electron chi connectivity index (χ4n) is 3.44. The summed E-state index contributed by atoms with van der Waals surface area (Å²) in [4.78, 5) is 16.8. The van der Waals surface area contributed by atoms with Crippen molar-refractivity contribution in [2.24, 2.45) is 0 Å². The largest absolute Gasteiger partial charge is 0.416 e. The fourth-order valence-corrected chi connectivity index (χ4v) is 3.74. The first kappa shape index (κ1) is 24.2. The predicted molar refractivity (Wildman–Crippen MR) is 110 cm³/mol. The minimum absolute atomic E-state index is 0.0271. The van der Waals surface area contributed by atoms with E-state index in [1.54, 1.807) is 6.07 Å². The van der Waals surface area contributed by atoms with Gasteiger partial charge in [-0.05, 0) is 42.9 Å². The van der Waals surface area contributed by atoms with Crippen LogP contribution in [-0.4, -0.2) is 43.5 Å². The monoisotopic (exact) mass is 479 g/mol. The molecule has 3 rings (SSSR count). The summed E-state index contributed by atoms with van der Waals surface area (Å²) in [6.45, 7) is 6.25. The van der Waals surface area contributed by atoms with Crippen molar-refractivity contribution in [1.29, 1.82) is 0 Å². The van der Waals surface area contributed by atoms with Crippen LogP contribution >= 0.6 is 11.6 Å². The van der Waals surface area contributed by atoms with Crippen molar-refractivity contribution in [1.82, 2.24) is 4.90 Å². The Morgan fingerprint density at radius 3 is 1.97 bits per heavy atom. The zero-order valence-electron chi connectivity index (χ0n) is 16.9. The van der Waals surface area contributed by atoms with Gasteiger partial charge in [0, 0.05) is 37.4 Å². The molecule has 11 heteroatoms. The number of nitrogens with zero attached hydrogens (tertiary/aromatic N) is 2. The van der Waals surface area contributed by atoms with Gasteiger partial charge in [-0.2, -0.15) is 26.3 Å². The first-order valence-corrected chi connectivity index (χ1v) is 10.1. The number of halogens is 7. The van der Waals surface area contributed by atoms with Crippen molar-refractivity contribution in [3.8, 4) is 0 Å². The second-order valence-electron chi connectivity index (χ2n) is 7.34. The molecule has 0 aromatic heterocycles. The van der Waals surface area contributed by atoms with Gasteiger partial charge >= 0.3 is 12.4 Å². The summed E-state index contributed by atoms with van der Waals surface area (Å²) in [6, 6.07) is 5.32. The van der Waals surface area contributed by atoms with Gasteiger partial charge in [-0.15, -0.1) is 0 Å². The molecule has 1 fully saturated rings. The van der Waals surface area contributed by atoms with Crippen molar-refractivity contribution in [2.75, 3.05) is 42.9 Å². The van der Waals surface area contributed by atoms with Crippen LogP contribution in [0.1, 0.15) is 28.4 Å². The summed E-state index contributed by atoms with van der Waals surface area (Å²) in [6.07, 6.45) is -10.1. The van der Waals surface area contributed by atoms with Crippen LogP contribution in [0.2, 0.25) is 5.02 Å². The molecule has 1 amide bonds. The van der Waals surface area contributed by atoms with E-state index < -0.39 is 35.0 Å². The van der Waals surface area contributed by atoms with Gasteiger partial charge in [-0.1, -0.05) is 18.5 Å². The first-order chi connectivity index (χ1) is 14.9. The van der Waals surface area contributed by atoms with Gasteiger partial charge in [-0.3, -0.25) is 4.79 Å². The summed E-state index contributed by atoms with van der Waals surface area (Å²) in [7, 11) is 0. The SMILES string of the molecule is CCN1CCN(c2ccc(NC(=O)c3cc(C(F)(F)F)cc(C(F)(F)F)c3)cc2Cl)CC1. The summed E-state index contributed by atoms with van der Waals surface area (Å²) in [5, 5.41) is 2.63. The third kappa shape index (κ3) is 5.66. The lowest BCUT2D eigenvalue weighted by Crippen LogP contribution is -2.46. The van der Waals surface area contributed by atoms with Crippen LogP contribution in [0, 0.1) is 0 Å². The molecule has 1 heterocycles. The number of carbonyl (C=O) groups is 1. The summed E-state index contributed by atoms with van der Waals surface area (Å²) >= 11 is 6.33. The van der Waals surface area contributed by atoms with Gasteiger partial charge in [0.2, 0.25) is 0 Å². The molecule has 0 unspecified atom stereocenters. The smallest absolute Gasteiger partial charge is 0.368 e. The highest BCUT2D eigenvalue weighted by atomic mass is 35.5. The fraction of sp³-hybridized carbons (Fsp3) is 0.381. The normalized spacial score (nSPS) is 15.7. The number of benzene rings is 2. The van der Waals surface area contributed by atoms with Gasteiger partial charge in [-0.25, -0.2) is 0 Å². The minimum Gasteiger partial charge on any atom is -0.368 e. The topological polar surface area (TPSA) is 35.6 Å². The third-order valence-corrected chi connectivity index (χ3v) is 5.52. The predicted octanol–water partition coefficient (Wildman–Crippen LogP) is 5.77. The van der Waals surface area contributed by atoms with E-state index in [-0.39, 0.29) is 11.8 Å². The van der Waals surface area contributed by atoms with Crippen molar-refractivity contribution >= 4 is 28.9 Å². The molecule has 1 saturated heterocycles. The second-order valence-corrected chi connectivity index (χ2v) is 7.74. The molecule has 0 aliphatic carbocycles. The molecule has 1 aliphatic heterocycles. The lowest BCUT2D eigenvalue weighted by Gasteiger charge is -2.36. The van der Waals surface area contributed by atoms with Crippen molar-refractivity contribution in [2.45, 2.75) is 19.3 Å². The van der Waals surface area contributed by atoms with Crippen LogP contribution in [0.3, 0.4) is 0 Å². The molecule has 174 valence electrons. The molecule has 2 aromatic rings. The molecule has 32 heavy (non-hydrogen) atoms. The Kier molecular flexibility index (Phi) is 6.94. The number of piperazine rings is 1. The van der Waals surface area contributed by atoms with E-state index in [2.05, 4.69) is 22.0 Å². The van der Waals surface area contributed by atoms with Gasteiger partial charge in [0.15, 0.2) is 0 Å². The van der Waals surface area contributed by atoms with Gasteiger partial charge < -0.3 is 15.1 Å². The van der Waals surface area contributed by atoms with Crippen molar-refractivity contribution in [3.05, 3.63) is 58.1 Å². The van der Waals surface area contributed by atoms with E-state index in [4.69, 9.17) is 11.6 Å². The average molecular weight is 480 g/mol. The Labute approximate surface area is 185 Å². The van der Waals surface area contributed by atoms with Crippen LogP contribution in [0.5, 0.6) is 0 Å². The Hall–Kier alpha value is -2.46. The van der Waals surface area contributed by atoms with E-state index in [1.807, 2.05) is 0 Å². The molecule has 0 spiro atoms. The summed E-state index contributed by atoms with van der Waals surface area (Å²) < 4.78 is 78.1. The average Bonchev–Trinajstić information content (AvgIpc) is 2.72.